The van der Waals surface area contributed by atoms with Crippen molar-refractivity contribution in [3.63, 3.8) is 0 Å². The van der Waals surface area contributed by atoms with Crippen molar-refractivity contribution in [3.05, 3.63) is 166 Å². The van der Waals surface area contributed by atoms with Crippen molar-refractivity contribution in [2.45, 2.75) is 63.6 Å². The monoisotopic (exact) mass is 894 g/mol. The molecule has 0 spiro atoms. The fourth-order valence-corrected chi connectivity index (χ4v) is 13.2. The third kappa shape index (κ3) is 7.15. The third-order valence-corrected chi connectivity index (χ3v) is 17.5. The number of carbonyl (C=O) groups is 4. The lowest BCUT2D eigenvalue weighted by molar-refractivity contribution is -0.932. The first-order valence-electron chi connectivity index (χ1n) is 22.0. The van der Waals surface area contributed by atoms with E-state index in [9.17, 15) is 9.59 Å². The summed E-state index contributed by atoms with van der Waals surface area (Å²) in [5, 5.41) is -0.0367. The van der Waals surface area contributed by atoms with Crippen molar-refractivity contribution in [1.82, 2.24) is 19.6 Å². The zero-order valence-electron chi connectivity index (χ0n) is 38.4. The van der Waals surface area contributed by atoms with Crippen molar-refractivity contribution >= 4 is 68.0 Å². The molecule has 4 aromatic rings. The molecule has 0 saturated heterocycles. The van der Waals surface area contributed by atoms with Gasteiger partial charge in [-0.2, -0.15) is 0 Å². The minimum atomic E-state index is -0.308. The number of hydrogen-bond acceptors (Lipinski definition) is 6. The summed E-state index contributed by atoms with van der Waals surface area (Å²) in [7, 11) is 15.7. The molecule has 4 unspecified atom stereocenters. The number of hydrogen-bond donors (Lipinski definition) is 0. The summed E-state index contributed by atoms with van der Waals surface area (Å²) in [6, 6.07) is 39.0. The molecule has 4 aliphatic rings. The predicted molar refractivity (Wildman–Crippen MR) is 259 cm³/mol. The molecular formula is C52H58N6O4S2+2. The summed E-state index contributed by atoms with van der Waals surface area (Å²) in [6.45, 7) is 8.64. The van der Waals surface area contributed by atoms with Crippen LogP contribution in [0.5, 0.6) is 0 Å². The van der Waals surface area contributed by atoms with Crippen LogP contribution in [0.2, 0.25) is 0 Å². The van der Waals surface area contributed by atoms with Crippen molar-refractivity contribution in [2.75, 3.05) is 42.3 Å². The van der Waals surface area contributed by atoms with Gasteiger partial charge in [-0.05, 0) is 57.7 Å². The Balaban J connectivity index is 1.10. The molecule has 0 aliphatic carbocycles. The number of amides is 4. The van der Waals surface area contributed by atoms with E-state index in [1.165, 1.54) is 0 Å². The quantitative estimate of drug-likeness (QED) is 0.0674. The molecule has 8 rings (SSSR count). The molecule has 0 saturated carbocycles. The summed E-state index contributed by atoms with van der Waals surface area (Å²) < 4.78 is 0.916. The molecule has 0 radical (unpaired) electrons. The average molecular weight is 895 g/mol. The van der Waals surface area contributed by atoms with Gasteiger partial charge in [0.05, 0.1) is 73.3 Å². The molecule has 330 valence electrons. The largest absolute Gasteiger partial charge is 0.310 e. The van der Waals surface area contributed by atoms with Crippen molar-refractivity contribution in [2.24, 2.45) is 0 Å². The lowest BCUT2D eigenvalue weighted by atomic mass is 10.0. The second-order valence-corrected chi connectivity index (χ2v) is 20.8. The predicted octanol–water partition coefficient (Wildman–Crippen LogP) is 8.96. The van der Waals surface area contributed by atoms with E-state index in [0.29, 0.717) is 66.9 Å². The molecule has 4 aromatic carbocycles. The summed E-state index contributed by atoms with van der Waals surface area (Å²) >= 11 is 0. The Morgan fingerprint density at radius 3 is 0.938 bits per heavy atom. The van der Waals surface area contributed by atoms with Gasteiger partial charge in [0.15, 0.2) is 12.3 Å². The van der Waals surface area contributed by atoms with Gasteiger partial charge in [-0.3, -0.25) is 37.9 Å². The zero-order chi connectivity index (χ0) is 45.8. The van der Waals surface area contributed by atoms with Crippen LogP contribution in [-0.2, 0) is 19.2 Å². The maximum absolute atomic E-state index is 15.1. The van der Waals surface area contributed by atoms with Crippen LogP contribution in [-0.4, -0.2) is 118 Å². The Kier molecular flexibility index (Phi) is 12.2. The van der Waals surface area contributed by atoms with Gasteiger partial charge in [-0.15, -0.1) is 0 Å². The van der Waals surface area contributed by atoms with E-state index < -0.39 is 0 Å². The van der Waals surface area contributed by atoms with E-state index in [1.807, 2.05) is 131 Å². The minimum absolute atomic E-state index is 0.0183. The number of likely N-dealkylation sites (N-methyl/N-ethyl adjacent to an activating group) is 2. The average Bonchev–Trinajstić information content (AvgIpc) is 3.94. The highest BCUT2D eigenvalue weighted by Gasteiger charge is 2.55. The lowest BCUT2D eigenvalue weighted by Crippen LogP contribution is -2.61. The van der Waals surface area contributed by atoms with Crippen LogP contribution in [0, 0.1) is 0 Å². The van der Waals surface area contributed by atoms with Gasteiger partial charge in [0.1, 0.15) is 10.7 Å². The Hall–Kier alpha value is -5.66. The lowest BCUT2D eigenvalue weighted by Gasteiger charge is -2.48. The molecule has 4 amide bonds. The highest BCUT2D eigenvalue weighted by atomic mass is 33.1. The van der Waals surface area contributed by atoms with Gasteiger partial charge in [0.2, 0.25) is 0 Å². The molecule has 10 nitrogen and oxygen atoms in total. The summed E-state index contributed by atoms with van der Waals surface area (Å²) in [5.74, 6) is -0.694. The number of rotatable bonds is 15. The zero-order valence-corrected chi connectivity index (χ0v) is 40.0. The molecule has 4 heterocycles. The van der Waals surface area contributed by atoms with Gasteiger partial charge >= 0.3 is 0 Å². The van der Waals surface area contributed by atoms with Crippen molar-refractivity contribution < 1.29 is 28.1 Å². The standard InChI is InChI=1S/C52H58N6O4S2/c1-11-39(55-47(37-29-21-15-22-30-37)43-41(51(55)61)45(53(5)49(43)59)35-25-17-13-18-26-35)57(7,8)33(3)63-64-34(4)58(9,10)40(12-2)56-48(38-31-23-16-24-32-38)44-42(52(56)62)46(54(6)50(44)60)36-27-19-14-20-28-36/h13-34,39-40H,11-12H2,1-10H3/q+2. The van der Waals surface area contributed by atoms with E-state index in [0.717, 1.165) is 22.3 Å². The number of quaternary nitrogens is 2. The smallest absolute Gasteiger partial charge is 0.265 e. The number of fused-ring (bicyclic) bond motifs is 2. The third-order valence-electron chi connectivity index (χ3n) is 13.8. The van der Waals surface area contributed by atoms with E-state index in [4.69, 9.17) is 0 Å². The SMILES string of the molecule is CCC(N1C(=O)C2=C(c3ccccc3)N(C)C(=O)C2=C1c1ccccc1)[N+](C)(C)C(C)SSC(C)[N+](C)(C)C(CC)N1C(=O)C2=C(c3ccccc3)N(C)C(=O)C2=C1c1ccccc1. The molecule has 0 aromatic heterocycles. The van der Waals surface area contributed by atoms with Crippen LogP contribution >= 0.6 is 21.6 Å². The van der Waals surface area contributed by atoms with Gasteiger partial charge in [-0.25, -0.2) is 0 Å². The van der Waals surface area contributed by atoms with Crippen molar-refractivity contribution in [3.8, 4) is 0 Å². The Morgan fingerprint density at radius 2 is 0.672 bits per heavy atom. The molecule has 4 atom stereocenters. The number of nitrogens with zero attached hydrogens (tertiary/aromatic N) is 6. The van der Waals surface area contributed by atoms with E-state index in [2.05, 4.69) is 55.9 Å². The van der Waals surface area contributed by atoms with Crippen LogP contribution < -0.4 is 0 Å². The molecule has 64 heavy (non-hydrogen) atoms. The van der Waals surface area contributed by atoms with Crippen LogP contribution in [0.1, 0.15) is 62.8 Å². The summed E-state index contributed by atoms with van der Waals surface area (Å²) in [6.07, 6.45) is 0.677. The molecular weight excluding hydrogens is 837 g/mol. The van der Waals surface area contributed by atoms with Gasteiger partial charge < -0.3 is 9.80 Å². The fourth-order valence-electron chi connectivity index (χ4n) is 9.83. The van der Waals surface area contributed by atoms with Crippen LogP contribution in [0.3, 0.4) is 0 Å². The van der Waals surface area contributed by atoms with Gasteiger partial charge in [-0.1, -0.05) is 135 Å². The van der Waals surface area contributed by atoms with Crippen molar-refractivity contribution in [1.29, 1.82) is 0 Å². The second kappa shape index (κ2) is 17.4. The van der Waals surface area contributed by atoms with Gasteiger partial charge in [0.25, 0.3) is 23.6 Å². The molecule has 0 bridgehead atoms. The normalized spacial score (nSPS) is 18.8. The maximum atomic E-state index is 15.1. The topological polar surface area (TPSA) is 81.2 Å². The first-order chi connectivity index (χ1) is 30.6. The first kappa shape index (κ1) is 44.9. The van der Waals surface area contributed by atoms with Crippen LogP contribution in [0.4, 0.5) is 0 Å². The van der Waals surface area contributed by atoms with E-state index in [-0.39, 0.29) is 46.7 Å². The first-order valence-corrected chi connectivity index (χ1v) is 24.3. The van der Waals surface area contributed by atoms with Gasteiger partial charge in [0, 0.05) is 26.9 Å². The highest BCUT2D eigenvalue weighted by Crippen LogP contribution is 2.51. The van der Waals surface area contributed by atoms with Crippen LogP contribution in [0.25, 0.3) is 22.8 Å². The fraction of sp³-hybridized carbons (Fsp3) is 0.308. The Bertz CT molecular complexity index is 2460. The molecule has 0 fully saturated rings. The Morgan fingerprint density at radius 1 is 0.422 bits per heavy atom. The minimum Gasteiger partial charge on any atom is -0.310 e. The molecule has 12 heteroatoms. The Labute approximate surface area is 385 Å². The highest BCUT2D eigenvalue weighted by molar-refractivity contribution is 8.77. The van der Waals surface area contributed by atoms with E-state index in [1.54, 1.807) is 45.5 Å². The van der Waals surface area contributed by atoms with E-state index >= 15 is 9.59 Å². The molecule has 0 N–H and O–H groups in total. The maximum Gasteiger partial charge on any atom is 0.265 e. The summed E-state index contributed by atoms with van der Waals surface area (Å²) in [5.41, 5.74) is 7.69. The molecule has 4 aliphatic heterocycles. The summed E-state index contributed by atoms with van der Waals surface area (Å²) in [4.78, 5) is 65.7. The second-order valence-electron chi connectivity index (χ2n) is 17.9. The number of benzene rings is 4. The van der Waals surface area contributed by atoms with Crippen LogP contribution in [0.15, 0.2) is 144 Å². The number of carbonyl (C=O) groups excluding carboxylic acids is 4.